The number of thioether (sulfide) groups is 1. The first-order chi connectivity index (χ1) is 8.70. The molecule has 0 radical (unpaired) electrons. The Morgan fingerprint density at radius 1 is 1.17 bits per heavy atom. The van der Waals surface area contributed by atoms with Crippen LogP contribution in [0.15, 0.2) is 11.5 Å². The van der Waals surface area contributed by atoms with Crippen LogP contribution in [0.2, 0.25) is 0 Å². The van der Waals surface area contributed by atoms with E-state index in [1.165, 1.54) is 37.2 Å². The first-order valence-corrected chi connectivity index (χ1v) is 7.82. The van der Waals surface area contributed by atoms with E-state index < -0.39 is 0 Å². The van der Waals surface area contributed by atoms with Crippen LogP contribution in [0, 0.1) is 0 Å². The fourth-order valence-corrected chi connectivity index (χ4v) is 1.97. The Bertz CT molecular complexity index is 270. The van der Waals surface area contributed by atoms with Crippen molar-refractivity contribution in [1.82, 2.24) is 5.32 Å². The number of nitrogens with one attached hydrogen (secondary N) is 1. The summed E-state index contributed by atoms with van der Waals surface area (Å²) >= 11 is 6.26. The number of rotatable bonds is 10. The number of carbonyl (C=O) groups is 2. The van der Waals surface area contributed by atoms with Gasteiger partial charge in [0.15, 0.2) is 0 Å². The molecular weight excluding hydrogens is 270 g/mol. The zero-order chi connectivity index (χ0) is 13.6. The van der Waals surface area contributed by atoms with Gasteiger partial charge < -0.3 is 5.32 Å². The highest BCUT2D eigenvalue weighted by molar-refractivity contribution is 8.16. The van der Waals surface area contributed by atoms with Crippen LogP contribution in [0.5, 0.6) is 0 Å². The Hall–Kier alpha value is -0.480. The molecule has 1 amide bonds. The molecule has 5 heteroatoms. The predicted octanol–water partition coefficient (Wildman–Crippen LogP) is 3.48. The minimum Gasteiger partial charge on any atom is -0.353 e. The van der Waals surface area contributed by atoms with E-state index in [2.05, 4.69) is 12.2 Å². The van der Waals surface area contributed by atoms with Gasteiger partial charge in [-0.3, -0.25) is 9.59 Å². The third-order valence-electron chi connectivity index (χ3n) is 2.36. The van der Waals surface area contributed by atoms with Gasteiger partial charge >= 0.3 is 0 Å². The van der Waals surface area contributed by atoms with Gasteiger partial charge in [-0.05, 0) is 11.8 Å². The van der Waals surface area contributed by atoms with E-state index in [4.69, 9.17) is 11.6 Å². The predicted molar refractivity (Wildman–Crippen MR) is 78.8 cm³/mol. The highest BCUT2D eigenvalue weighted by Crippen LogP contribution is 2.05. The van der Waals surface area contributed by atoms with Gasteiger partial charge in [0.2, 0.25) is 11.0 Å². The van der Waals surface area contributed by atoms with Gasteiger partial charge in [0.25, 0.3) is 0 Å². The SMILES string of the molecule is CCCCCCCCNC(=O)C=CSC(=O)CCl. The third kappa shape index (κ3) is 12.0. The molecule has 0 saturated heterocycles. The summed E-state index contributed by atoms with van der Waals surface area (Å²) < 4.78 is 0. The second-order valence-corrected chi connectivity index (χ2v) is 5.22. The van der Waals surface area contributed by atoms with E-state index in [9.17, 15) is 9.59 Å². The van der Waals surface area contributed by atoms with Gasteiger partial charge in [-0.2, -0.15) is 0 Å². The van der Waals surface area contributed by atoms with E-state index in [1.807, 2.05) is 0 Å². The van der Waals surface area contributed by atoms with Crippen molar-refractivity contribution < 1.29 is 9.59 Å². The Balaban J connectivity index is 3.39. The Kier molecular flexibility index (Phi) is 12.6. The molecule has 0 fully saturated rings. The fraction of sp³-hybridized carbons (Fsp3) is 0.692. The number of carbonyl (C=O) groups excluding carboxylic acids is 2. The molecule has 1 N–H and O–H groups in total. The van der Waals surface area contributed by atoms with Gasteiger partial charge in [-0.25, -0.2) is 0 Å². The first-order valence-electron chi connectivity index (χ1n) is 6.40. The van der Waals surface area contributed by atoms with Gasteiger partial charge in [0.05, 0.1) is 5.88 Å². The fourth-order valence-electron chi connectivity index (χ4n) is 1.38. The lowest BCUT2D eigenvalue weighted by molar-refractivity contribution is -0.116. The molecule has 0 rings (SSSR count). The van der Waals surface area contributed by atoms with Crippen LogP contribution in [0.4, 0.5) is 0 Å². The van der Waals surface area contributed by atoms with Crippen molar-refractivity contribution in [2.75, 3.05) is 12.4 Å². The van der Waals surface area contributed by atoms with E-state index in [1.54, 1.807) is 0 Å². The number of hydrogen-bond acceptors (Lipinski definition) is 3. The molecule has 0 aliphatic rings. The normalized spacial score (nSPS) is 10.8. The second-order valence-electron chi connectivity index (χ2n) is 3.99. The molecule has 18 heavy (non-hydrogen) atoms. The number of amides is 1. The molecule has 0 aliphatic carbocycles. The minimum atomic E-state index is -0.156. The summed E-state index contributed by atoms with van der Waals surface area (Å²) in [6.07, 6.45) is 8.59. The maximum Gasteiger partial charge on any atom is 0.244 e. The third-order valence-corrected chi connectivity index (χ3v) is 3.44. The highest BCUT2D eigenvalue weighted by Gasteiger charge is 1.98. The molecule has 0 aromatic heterocycles. The largest absolute Gasteiger partial charge is 0.353 e. The maximum atomic E-state index is 11.3. The zero-order valence-corrected chi connectivity index (χ0v) is 12.5. The molecule has 0 aromatic rings. The second kappa shape index (κ2) is 13.0. The van der Waals surface area contributed by atoms with E-state index in [0.717, 1.165) is 24.6 Å². The molecule has 0 atom stereocenters. The van der Waals surface area contributed by atoms with Gasteiger partial charge in [0, 0.05) is 12.6 Å². The van der Waals surface area contributed by atoms with Gasteiger partial charge in [-0.1, -0.05) is 50.8 Å². The van der Waals surface area contributed by atoms with Crippen molar-refractivity contribution in [2.24, 2.45) is 0 Å². The van der Waals surface area contributed by atoms with Crippen molar-refractivity contribution >= 4 is 34.4 Å². The zero-order valence-electron chi connectivity index (χ0n) is 10.9. The van der Waals surface area contributed by atoms with E-state index >= 15 is 0 Å². The summed E-state index contributed by atoms with van der Waals surface area (Å²) in [5.41, 5.74) is 0. The number of unbranched alkanes of at least 4 members (excludes halogenated alkanes) is 5. The number of hydrogen-bond donors (Lipinski definition) is 1. The average molecular weight is 292 g/mol. The minimum absolute atomic E-state index is 0.0333. The average Bonchev–Trinajstić information content (AvgIpc) is 2.37. The number of alkyl halides is 1. The summed E-state index contributed by atoms with van der Waals surface area (Å²) in [7, 11) is 0. The lowest BCUT2D eigenvalue weighted by atomic mass is 10.1. The number of halogens is 1. The Morgan fingerprint density at radius 2 is 1.83 bits per heavy atom. The summed E-state index contributed by atoms with van der Waals surface area (Å²) in [6.45, 7) is 2.89. The summed E-state index contributed by atoms with van der Waals surface area (Å²) in [5.74, 6) is -0.188. The summed E-state index contributed by atoms with van der Waals surface area (Å²) in [4.78, 5) is 22.1. The van der Waals surface area contributed by atoms with E-state index in [0.29, 0.717) is 6.54 Å². The van der Waals surface area contributed by atoms with Crippen molar-refractivity contribution in [3.63, 3.8) is 0 Å². The van der Waals surface area contributed by atoms with Crippen molar-refractivity contribution in [2.45, 2.75) is 45.4 Å². The molecule has 0 spiro atoms. The van der Waals surface area contributed by atoms with Crippen LogP contribution in [-0.2, 0) is 9.59 Å². The maximum absolute atomic E-state index is 11.3. The van der Waals surface area contributed by atoms with Crippen LogP contribution in [0.3, 0.4) is 0 Å². The standard InChI is InChI=1S/C13H22ClNO2S/c1-2-3-4-5-6-7-9-15-12(16)8-10-18-13(17)11-14/h8,10H,2-7,9,11H2,1H3,(H,15,16). The molecule has 0 bridgehead atoms. The Labute approximate surface area is 119 Å². The van der Waals surface area contributed by atoms with Crippen molar-refractivity contribution in [1.29, 1.82) is 0 Å². The monoisotopic (exact) mass is 291 g/mol. The molecule has 0 unspecified atom stereocenters. The molecular formula is C13H22ClNO2S. The molecule has 0 aromatic carbocycles. The van der Waals surface area contributed by atoms with Crippen molar-refractivity contribution in [3.05, 3.63) is 11.5 Å². The van der Waals surface area contributed by atoms with Crippen LogP contribution < -0.4 is 5.32 Å². The summed E-state index contributed by atoms with van der Waals surface area (Å²) in [6, 6.07) is 0. The molecule has 0 aliphatic heterocycles. The van der Waals surface area contributed by atoms with Gasteiger partial charge in [0.1, 0.15) is 0 Å². The lowest BCUT2D eigenvalue weighted by Gasteiger charge is -2.02. The topological polar surface area (TPSA) is 46.2 Å². The molecule has 0 saturated carbocycles. The first kappa shape index (κ1) is 17.5. The van der Waals surface area contributed by atoms with Crippen molar-refractivity contribution in [3.8, 4) is 0 Å². The van der Waals surface area contributed by atoms with E-state index in [-0.39, 0.29) is 16.9 Å². The molecule has 0 heterocycles. The van der Waals surface area contributed by atoms with Gasteiger partial charge in [-0.15, -0.1) is 11.6 Å². The lowest BCUT2D eigenvalue weighted by Crippen LogP contribution is -2.21. The smallest absolute Gasteiger partial charge is 0.244 e. The van der Waals surface area contributed by atoms with Crippen LogP contribution >= 0.6 is 23.4 Å². The molecule has 104 valence electrons. The summed E-state index contributed by atoms with van der Waals surface area (Å²) in [5, 5.41) is 4.10. The van der Waals surface area contributed by atoms with Crippen LogP contribution in [0.25, 0.3) is 0 Å². The van der Waals surface area contributed by atoms with Crippen LogP contribution in [0.1, 0.15) is 45.4 Å². The quantitative estimate of drug-likeness (QED) is 0.381. The Morgan fingerprint density at radius 3 is 2.50 bits per heavy atom. The highest BCUT2D eigenvalue weighted by atomic mass is 35.5. The molecule has 3 nitrogen and oxygen atoms in total. The van der Waals surface area contributed by atoms with Crippen LogP contribution in [-0.4, -0.2) is 23.4 Å².